The number of piperidine rings is 1. The fourth-order valence-electron chi connectivity index (χ4n) is 3.66. The molecule has 4 nitrogen and oxygen atoms in total. The zero-order chi connectivity index (χ0) is 15.4. The van der Waals surface area contributed by atoms with Crippen LogP contribution in [0.25, 0.3) is 0 Å². The van der Waals surface area contributed by atoms with Crippen molar-refractivity contribution in [2.24, 2.45) is 0 Å². The largest absolute Gasteiger partial charge is 0.303 e. The normalized spacial score (nSPS) is 24.6. The van der Waals surface area contributed by atoms with Crippen LogP contribution < -0.4 is 0 Å². The smallest absolute Gasteiger partial charge is 0.243 e. The Morgan fingerprint density at radius 3 is 2.41 bits per heavy atom. The number of likely N-dealkylation sites (tertiary alicyclic amines) is 1. The molecule has 0 amide bonds. The molecule has 1 aromatic carbocycles. The van der Waals surface area contributed by atoms with E-state index >= 15 is 0 Å². The summed E-state index contributed by atoms with van der Waals surface area (Å²) in [5, 5.41) is 0. The summed E-state index contributed by atoms with van der Waals surface area (Å²) in [6.07, 6.45) is 6.87. The third kappa shape index (κ3) is 3.53. The number of rotatable bonds is 5. The van der Waals surface area contributed by atoms with Crippen LogP contribution in [-0.2, 0) is 10.0 Å². The maximum Gasteiger partial charge on any atom is 0.243 e. The number of nitrogens with zero attached hydrogens (tertiary/aromatic N) is 2. The molecule has 1 aromatic rings. The number of hydrogen-bond acceptors (Lipinski definition) is 3. The van der Waals surface area contributed by atoms with Gasteiger partial charge in [-0.3, -0.25) is 0 Å². The van der Waals surface area contributed by atoms with E-state index in [0.717, 1.165) is 25.8 Å². The molecule has 0 spiro atoms. The summed E-state index contributed by atoms with van der Waals surface area (Å²) in [5.41, 5.74) is 0. The van der Waals surface area contributed by atoms with E-state index in [-0.39, 0.29) is 6.04 Å². The Hall–Kier alpha value is -0.910. The molecular formula is C17H26N2O2S. The first-order valence-electron chi connectivity index (χ1n) is 8.47. The quantitative estimate of drug-likeness (QED) is 0.837. The van der Waals surface area contributed by atoms with Crippen molar-refractivity contribution in [1.82, 2.24) is 9.21 Å². The molecule has 3 rings (SSSR count). The molecule has 0 aromatic heterocycles. The number of benzene rings is 1. The van der Waals surface area contributed by atoms with E-state index in [2.05, 4.69) is 4.90 Å². The molecule has 2 aliphatic heterocycles. The van der Waals surface area contributed by atoms with Crippen LogP contribution >= 0.6 is 0 Å². The molecule has 2 fully saturated rings. The molecule has 0 saturated carbocycles. The maximum atomic E-state index is 12.8. The van der Waals surface area contributed by atoms with Gasteiger partial charge >= 0.3 is 0 Å². The van der Waals surface area contributed by atoms with Crippen LogP contribution in [-0.4, -0.2) is 49.8 Å². The molecule has 0 aliphatic carbocycles. The molecule has 5 heteroatoms. The first-order chi connectivity index (χ1) is 10.7. The van der Waals surface area contributed by atoms with Crippen LogP contribution in [0.1, 0.15) is 38.5 Å². The summed E-state index contributed by atoms with van der Waals surface area (Å²) < 4.78 is 27.4. The summed E-state index contributed by atoms with van der Waals surface area (Å²) in [4.78, 5) is 2.93. The Labute approximate surface area is 134 Å². The van der Waals surface area contributed by atoms with Crippen molar-refractivity contribution in [2.75, 3.05) is 26.2 Å². The summed E-state index contributed by atoms with van der Waals surface area (Å²) in [7, 11) is -3.33. The van der Waals surface area contributed by atoms with Gasteiger partial charge in [-0.1, -0.05) is 24.6 Å². The SMILES string of the molecule is O=S(=O)(c1ccccc1)N1CCC[C@H]1CCN1CCCCC1. The van der Waals surface area contributed by atoms with Gasteiger partial charge in [0.15, 0.2) is 0 Å². The zero-order valence-electron chi connectivity index (χ0n) is 13.2. The fourth-order valence-corrected chi connectivity index (χ4v) is 5.40. The van der Waals surface area contributed by atoms with Gasteiger partial charge in [-0.15, -0.1) is 0 Å². The molecule has 1 atom stereocenters. The lowest BCUT2D eigenvalue weighted by molar-refractivity contribution is 0.209. The lowest BCUT2D eigenvalue weighted by Crippen LogP contribution is -2.39. The third-order valence-electron chi connectivity index (χ3n) is 4.90. The highest BCUT2D eigenvalue weighted by Crippen LogP contribution is 2.28. The first-order valence-corrected chi connectivity index (χ1v) is 9.91. The minimum absolute atomic E-state index is 0.173. The van der Waals surface area contributed by atoms with Crippen LogP contribution in [0.5, 0.6) is 0 Å². The average Bonchev–Trinajstić information content (AvgIpc) is 3.04. The lowest BCUT2D eigenvalue weighted by atomic mass is 10.1. The molecule has 122 valence electrons. The highest BCUT2D eigenvalue weighted by molar-refractivity contribution is 7.89. The average molecular weight is 322 g/mol. The van der Waals surface area contributed by atoms with E-state index in [4.69, 9.17) is 0 Å². The summed E-state index contributed by atoms with van der Waals surface area (Å²) >= 11 is 0. The number of sulfonamides is 1. The summed E-state index contributed by atoms with van der Waals surface area (Å²) in [6, 6.07) is 9.03. The van der Waals surface area contributed by atoms with E-state index in [1.165, 1.54) is 32.4 Å². The van der Waals surface area contributed by atoms with E-state index < -0.39 is 10.0 Å². The molecule has 0 N–H and O–H groups in total. The Balaban J connectivity index is 1.65. The molecule has 2 saturated heterocycles. The van der Waals surface area contributed by atoms with Gasteiger partial charge in [-0.25, -0.2) is 8.42 Å². The molecule has 22 heavy (non-hydrogen) atoms. The number of hydrogen-bond donors (Lipinski definition) is 0. The summed E-state index contributed by atoms with van der Waals surface area (Å²) in [6.45, 7) is 4.06. The molecule has 2 heterocycles. The van der Waals surface area contributed by atoms with Crippen molar-refractivity contribution >= 4 is 10.0 Å². The Morgan fingerprint density at radius 1 is 0.955 bits per heavy atom. The minimum atomic E-state index is -3.33. The van der Waals surface area contributed by atoms with E-state index in [1.54, 1.807) is 28.6 Å². The fraction of sp³-hybridized carbons (Fsp3) is 0.647. The Kier molecular flexibility index (Phi) is 5.16. The lowest BCUT2D eigenvalue weighted by Gasteiger charge is -2.30. The van der Waals surface area contributed by atoms with Crippen LogP contribution in [0.4, 0.5) is 0 Å². The molecule has 0 radical (unpaired) electrons. The second-order valence-electron chi connectivity index (χ2n) is 6.42. The van der Waals surface area contributed by atoms with Crippen molar-refractivity contribution in [3.63, 3.8) is 0 Å². The molecular weight excluding hydrogens is 296 g/mol. The van der Waals surface area contributed by atoms with Crippen molar-refractivity contribution in [1.29, 1.82) is 0 Å². The van der Waals surface area contributed by atoms with E-state index in [0.29, 0.717) is 11.4 Å². The minimum Gasteiger partial charge on any atom is -0.303 e. The van der Waals surface area contributed by atoms with Gasteiger partial charge in [0.05, 0.1) is 4.90 Å². The van der Waals surface area contributed by atoms with Crippen LogP contribution in [0, 0.1) is 0 Å². The Morgan fingerprint density at radius 2 is 1.68 bits per heavy atom. The van der Waals surface area contributed by atoms with Crippen LogP contribution in [0.2, 0.25) is 0 Å². The molecule has 2 aliphatic rings. The molecule has 0 unspecified atom stereocenters. The van der Waals surface area contributed by atoms with Crippen molar-refractivity contribution in [2.45, 2.75) is 49.5 Å². The second-order valence-corrected chi connectivity index (χ2v) is 8.31. The maximum absolute atomic E-state index is 12.8. The topological polar surface area (TPSA) is 40.6 Å². The van der Waals surface area contributed by atoms with Gasteiger partial charge in [0, 0.05) is 12.6 Å². The van der Waals surface area contributed by atoms with Gasteiger partial charge in [-0.05, 0) is 63.9 Å². The van der Waals surface area contributed by atoms with Crippen LogP contribution in [0.3, 0.4) is 0 Å². The predicted octanol–water partition coefficient (Wildman–Crippen LogP) is 2.72. The van der Waals surface area contributed by atoms with Crippen molar-refractivity contribution < 1.29 is 8.42 Å². The van der Waals surface area contributed by atoms with Crippen molar-refractivity contribution in [3.8, 4) is 0 Å². The Bertz CT molecular complexity index is 568. The highest BCUT2D eigenvalue weighted by Gasteiger charge is 2.35. The predicted molar refractivity (Wildman–Crippen MR) is 88.3 cm³/mol. The van der Waals surface area contributed by atoms with Gasteiger partial charge in [0.25, 0.3) is 0 Å². The summed E-state index contributed by atoms with van der Waals surface area (Å²) in [5.74, 6) is 0. The molecule has 0 bridgehead atoms. The first kappa shape index (κ1) is 16.0. The van der Waals surface area contributed by atoms with Crippen LogP contribution in [0.15, 0.2) is 35.2 Å². The highest BCUT2D eigenvalue weighted by atomic mass is 32.2. The monoisotopic (exact) mass is 322 g/mol. The van der Waals surface area contributed by atoms with E-state index in [1.807, 2.05) is 6.07 Å². The third-order valence-corrected chi connectivity index (χ3v) is 6.87. The zero-order valence-corrected chi connectivity index (χ0v) is 14.0. The van der Waals surface area contributed by atoms with Gasteiger partial charge in [0.1, 0.15) is 0 Å². The standard InChI is InChI=1S/C17H26N2O2S/c20-22(21,17-9-3-1-4-10-17)19-14-7-8-16(19)11-15-18-12-5-2-6-13-18/h1,3-4,9-10,16H,2,5-8,11-15H2/t16-/m0/s1. The second kappa shape index (κ2) is 7.11. The van der Waals surface area contributed by atoms with Gasteiger partial charge < -0.3 is 4.90 Å². The van der Waals surface area contributed by atoms with E-state index in [9.17, 15) is 8.42 Å². The van der Waals surface area contributed by atoms with Gasteiger partial charge in [-0.2, -0.15) is 4.31 Å². The van der Waals surface area contributed by atoms with Gasteiger partial charge in [0.2, 0.25) is 10.0 Å². The van der Waals surface area contributed by atoms with Crippen molar-refractivity contribution in [3.05, 3.63) is 30.3 Å².